The van der Waals surface area contributed by atoms with Crippen molar-refractivity contribution in [2.24, 2.45) is 7.05 Å². The van der Waals surface area contributed by atoms with E-state index in [1.54, 1.807) is 49.3 Å². The van der Waals surface area contributed by atoms with Crippen LogP contribution in [0, 0.1) is 0 Å². The van der Waals surface area contributed by atoms with Crippen molar-refractivity contribution < 1.29 is 27.8 Å². The van der Waals surface area contributed by atoms with Crippen molar-refractivity contribution in [1.82, 2.24) is 20.1 Å². The number of benzene rings is 2. The minimum Gasteiger partial charge on any atom is -0.389 e. The van der Waals surface area contributed by atoms with Crippen LogP contribution in [0.15, 0.2) is 42.7 Å². The molecule has 8 nitrogen and oxygen atoms in total. The summed E-state index contributed by atoms with van der Waals surface area (Å²) in [5.74, 6) is -0.499. The fourth-order valence-electron chi connectivity index (χ4n) is 6.49. The van der Waals surface area contributed by atoms with E-state index in [-0.39, 0.29) is 35.9 Å². The third kappa shape index (κ3) is 4.93. The van der Waals surface area contributed by atoms with E-state index in [9.17, 15) is 23.1 Å². The molecule has 2 N–H and O–H groups in total. The molecule has 11 heteroatoms. The zero-order chi connectivity index (χ0) is 29.2. The first-order valence-corrected chi connectivity index (χ1v) is 13.9. The first-order chi connectivity index (χ1) is 19.4. The van der Waals surface area contributed by atoms with Crippen molar-refractivity contribution in [2.45, 2.75) is 81.5 Å². The minimum atomic E-state index is -4.60. The van der Waals surface area contributed by atoms with Gasteiger partial charge in [-0.1, -0.05) is 12.1 Å². The maximum atomic E-state index is 14.2. The van der Waals surface area contributed by atoms with E-state index in [1.165, 1.54) is 11.0 Å². The van der Waals surface area contributed by atoms with E-state index in [1.807, 2.05) is 6.07 Å². The number of nitrogens with one attached hydrogen (secondary N) is 1. The molecule has 0 unspecified atom stereocenters. The van der Waals surface area contributed by atoms with Gasteiger partial charge in [-0.05, 0) is 67.1 Å². The summed E-state index contributed by atoms with van der Waals surface area (Å²) in [5.41, 5.74) is -0.366. The van der Waals surface area contributed by atoms with Crippen molar-refractivity contribution >= 4 is 11.6 Å². The van der Waals surface area contributed by atoms with E-state index in [2.05, 4.69) is 22.4 Å². The highest BCUT2D eigenvalue weighted by Gasteiger charge is 2.51. The monoisotopic (exact) mass is 569 g/mol. The van der Waals surface area contributed by atoms with Gasteiger partial charge >= 0.3 is 6.18 Å². The summed E-state index contributed by atoms with van der Waals surface area (Å²) < 4.78 is 49.8. The normalized spacial score (nSPS) is 24.1. The molecule has 1 aromatic heterocycles. The summed E-state index contributed by atoms with van der Waals surface area (Å²) in [7, 11) is 3.39. The summed E-state index contributed by atoms with van der Waals surface area (Å²) >= 11 is 0. The molecule has 0 bridgehead atoms. The Morgan fingerprint density at radius 1 is 1.22 bits per heavy atom. The Morgan fingerprint density at radius 3 is 2.59 bits per heavy atom. The van der Waals surface area contributed by atoms with Gasteiger partial charge in [0.2, 0.25) is 0 Å². The highest BCUT2D eigenvalue weighted by molar-refractivity contribution is 6.10. The van der Waals surface area contributed by atoms with Crippen LogP contribution in [0.4, 0.5) is 18.9 Å². The highest BCUT2D eigenvalue weighted by atomic mass is 19.4. The van der Waals surface area contributed by atoms with E-state index in [0.717, 1.165) is 19.3 Å². The predicted octanol–water partition coefficient (Wildman–Crippen LogP) is 4.70. The van der Waals surface area contributed by atoms with Crippen molar-refractivity contribution in [3.63, 3.8) is 0 Å². The standard InChI is InChI=1S/C30H34F3N5O3/c1-28(8-5-9-28)34-15-18-10-22-23(24(11-18)30(31,32)33)16-38(27(22)39)20-7-4-6-19(12-20)25(26-36-35-17-37(26)2)29(40)13-21(14-29)41-3/h4,6-7,10-12,17,21,25,34,40H,5,8-9,13-16H2,1-3H3/t21?,25-,29?/m0/s1. The SMILES string of the molecule is COC1CC(O)([C@@H](c2cccc(N3Cc4c(cc(CNC5(C)CCC5)cc4C(F)(F)F)C3=O)c2)c2nncn2C)C1. The number of carbonyl (C=O) groups excluding carboxylic acids is 1. The summed E-state index contributed by atoms with van der Waals surface area (Å²) in [4.78, 5) is 15.0. The predicted molar refractivity (Wildman–Crippen MR) is 145 cm³/mol. The van der Waals surface area contributed by atoms with Crippen LogP contribution in [0.25, 0.3) is 0 Å². The molecule has 2 aromatic carbocycles. The number of carbonyl (C=O) groups is 1. The molecule has 0 spiro atoms. The lowest BCUT2D eigenvalue weighted by atomic mass is 9.66. The number of hydrogen-bond donors (Lipinski definition) is 2. The van der Waals surface area contributed by atoms with Crippen LogP contribution in [0.1, 0.15) is 83.4 Å². The lowest BCUT2D eigenvalue weighted by Gasteiger charge is -2.47. The number of alkyl halides is 3. The largest absolute Gasteiger partial charge is 0.416 e. The second-order valence-electron chi connectivity index (χ2n) is 12.0. The molecule has 2 fully saturated rings. The Kier molecular flexibility index (Phi) is 6.74. The topological polar surface area (TPSA) is 92.5 Å². The van der Waals surface area contributed by atoms with Gasteiger partial charge < -0.3 is 24.6 Å². The molecule has 2 saturated carbocycles. The number of hydrogen-bond acceptors (Lipinski definition) is 6. The summed E-state index contributed by atoms with van der Waals surface area (Å²) in [6.45, 7) is 2.14. The number of halogens is 3. The number of nitrogens with zero attached hydrogens (tertiary/aromatic N) is 4. The lowest BCUT2D eigenvalue weighted by Crippen LogP contribution is -2.53. The summed E-state index contributed by atoms with van der Waals surface area (Å²) in [6, 6.07) is 9.81. The van der Waals surface area contributed by atoms with Gasteiger partial charge in [-0.2, -0.15) is 13.2 Å². The lowest BCUT2D eigenvalue weighted by molar-refractivity contribution is -0.138. The Hall–Kier alpha value is -3.28. The Balaban J connectivity index is 1.34. The Labute approximate surface area is 236 Å². The van der Waals surface area contributed by atoms with Gasteiger partial charge in [-0.3, -0.25) is 4.79 Å². The molecular formula is C30H34F3N5O3. The van der Waals surface area contributed by atoms with Gasteiger partial charge in [-0.15, -0.1) is 10.2 Å². The fraction of sp³-hybridized carbons (Fsp3) is 0.500. The Bertz CT molecular complexity index is 1480. The molecule has 1 atom stereocenters. The molecular weight excluding hydrogens is 535 g/mol. The maximum Gasteiger partial charge on any atom is 0.416 e. The number of fused-ring (bicyclic) bond motifs is 1. The number of ether oxygens (including phenoxy) is 1. The van der Waals surface area contributed by atoms with Crippen molar-refractivity contribution in [3.8, 4) is 0 Å². The van der Waals surface area contributed by atoms with Crippen LogP contribution < -0.4 is 10.2 Å². The number of methoxy groups -OCH3 is 1. The third-order valence-corrected chi connectivity index (χ3v) is 9.14. The van der Waals surface area contributed by atoms with Gasteiger partial charge in [0.15, 0.2) is 0 Å². The molecule has 2 heterocycles. The summed E-state index contributed by atoms with van der Waals surface area (Å²) in [6.07, 6.45) is 0.696. The number of aryl methyl sites for hydroxylation is 1. The number of rotatable bonds is 8. The number of amides is 1. The highest BCUT2D eigenvalue weighted by Crippen LogP contribution is 2.48. The number of anilines is 1. The number of aliphatic hydroxyl groups is 1. The molecule has 2 aliphatic carbocycles. The van der Waals surface area contributed by atoms with Gasteiger partial charge in [-0.25, -0.2) is 0 Å². The van der Waals surface area contributed by atoms with Crippen LogP contribution >= 0.6 is 0 Å². The molecule has 0 radical (unpaired) electrons. The van der Waals surface area contributed by atoms with Crippen LogP contribution in [-0.2, 0) is 31.1 Å². The maximum absolute atomic E-state index is 14.2. The van der Waals surface area contributed by atoms with Crippen LogP contribution in [0.3, 0.4) is 0 Å². The molecule has 6 rings (SSSR count). The zero-order valence-electron chi connectivity index (χ0n) is 23.3. The molecule has 1 aliphatic heterocycles. The van der Waals surface area contributed by atoms with Gasteiger partial charge in [0.25, 0.3) is 5.91 Å². The minimum absolute atomic E-state index is 0.0167. The van der Waals surface area contributed by atoms with Crippen LogP contribution in [0.5, 0.6) is 0 Å². The van der Waals surface area contributed by atoms with Gasteiger partial charge in [0.1, 0.15) is 12.2 Å². The van der Waals surface area contributed by atoms with Gasteiger partial charge in [0.05, 0.1) is 29.7 Å². The van der Waals surface area contributed by atoms with E-state index < -0.39 is 29.2 Å². The van der Waals surface area contributed by atoms with Crippen LogP contribution in [-0.4, -0.2) is 50.1 Å². The fourth-order valence-corrected chi connectivity index (χ4v) is 6.49. The molecule has 0 saturated heterocycles. The van der Waals surface area contributed by atoms with E-state index >= 15 is 0 Å². The second-order valence-corrected chi connectivity index (χ2v) is 12.0. The van der Waals surface area contributed by atoms with Crippen molar-refractivity contribution in [2.75, 3.05) is 12.0 Å². The molecule has 218 valence electrons. The third-order valence-electron chi connectivity index (χ3n) is 9.14. The molecule has 3 aliphatic rings. The quantitative estimate of drug-likeness (QED) is 0.409. The molecule has 3 aromatic rings. The first-order valence-electron chi connectivity index (χ1n) is 13.9. The smallest absolute Gasteiger partial charge is 0.389 e. The zero-order valence-corrected chi connectivity index (χ0v) is 23.3. The Morgan fingerprint density at radius 2 is 1.98 bits per heavy atom. The molecule has 1 amide bonds. The number of aromatic nitrogens is 3. The van der Waals surface area contributed by atoms with Crippen LogP contribution in [0.2, 0.25) is 0 Å². The van der Waals surface area contributed by atoms with E-state index in [4.69, 9.17) is 4.74 Å². The summed E-state index contributed by atoms with van der Waals surface area (Å²) in [5, 5.41) is 23.2. The van der Waals surface area contributed by atoms with Crippen molar-refractivity contribution in [3.05, 3.63) is 76.4 Å². The van der Waals surface area contributed by atoms with Crippen molar-refractivity contribution in [1.29, 1.82) is 0 Å². The van der Waals surface area contributed by atoms with Gasteiger partial charge in [0, 0.05) is 50.3 Å². The molecule has 41 heavy (non-hydrogen) atoms. The average molecular weight is 570 g/mol. The first kappa shape index (κ1) is 27.9. The average Bonchev–Trinajstić information content (AvgIpc) is 3.46. The second kappa shape index (κ2) is 9.92. The van der Waals surface area contributed by atoms with E-state index in [0.29, 0.717) is 35.5 Å².